The van der Waals surface area contributed by atoms with E-state index < -0.39 is 5.41 Å². The van der Waals surface area contributed by atoms with Gasteiger partial charge in [-0.15, -0.1) is 0 Å². The number of carbonyl (C=O) groups is 2. The Morgan fingerprint density at radius 3 is 2.28 bits per heavy atom. The lowest BCUT2D eigenvalue weighted by atomic mass is 9.89. The van der Waals surface area contributed by atoms with Crippen molar-refractivity contribution in [3.05, 3.63) is 71.3 Å². The predicted molar refractivity (Wildman–Crippen MR) is 115 cm³/mol. The first-order valence-electron chi connectivity index (χ1n) is 10.2. The van der Waals surface area contributed by atoms with Crippen molar-refractivity contribution in [2.75, 3.05) is 19.6 Å². The van der Waals surface area contributed by atoms with E-state index >= 15 is 0 Å². The molecular formula is C24H31N3O2. The fraction of sp³-hybridized carbons (Fsp3) is 0.417. The molecule has 1 saturated heterocycles. The topological polar surface area (TPSA) is 75.4 Å². The minimum absolute atomic E-state index is 0.00880. The van der Waals surface area contributed by atoms with Crippen LogP contribution in [-0.4, -0.2) is 36.3 Å². The number of hydrogen-bond donors (Lipinski definition) is 2. The van der Waals surface area contributed by atoms with Crippen LogP contribution in [0.4, 0.5) is 0 Å². The monoisotopic (exact) mass is 393 g/mol. The van der Waals surface area contributed by atoms with Crippen LogP contribution in [0, 0.1) is 11.3 Å². The van der Waals surface area contributed by atoms with E-state index in [2.05, 4.69) is 17.4 Å². The number of nitrogens with two attached hydrogens (primary N) is 1. The number of likely N-dealkylation sites (tertiary alicyclic amines) is 1. The van der Waals surface area contributed by atoms with Crippen LogP contribution in [0.5, 0.6) is 0 Å². The maximum absolute atomic E-state index is 13.0. The summed E-state index contributed by atoms with van der Waals surface area (Å²) in [5.41, 5.74) is 8.46. The van der Waals surface area contributed by atoms with E-state index in [1.807, 2.05) is 68.1 Å². The minimum atomic E-state index is -0.416. The highest BCUT2D eigenvalue weighted by atomic mass is 16.2. The molecule has 3 N–H and O–H groups in total. The van der Waals surface area contributed by atoms with Crippen LogP contribution in [-0.2, 0) is 11.3 Å². The number of benzene rings is 2. The van der Waals surface area contributed by atoms with Crippen molar-refractivity contribution in [3.8, 4) is 0 Å². The molecule has 2 atom stereocenters. The lowest BCUT2D eigenvalue weighted by Crippen LogP contribution is -2.34. The lowest BCUT2D eigenvalue weighted by molar-refractivity contribution is -0.128. The molecule has 0 unspecified atom stereocenters. The smallest absolute Gasteiger partial charge is 0.253 e. The van der Waals surface area contributed by atoms with Crippen LogP contribution >= 0.6 is 0 Å². The third-order valence-electron chi connectivity index (χ3n) is 5.59. The molecule has 2 aromatic carbocycles. The third-order valence-corrected chi connectivity index (χ3v) is 5.59. The summed E-state index contributed by atoms with van der Waals surface area (Å²) in [6, 6.07) is 17.8. The highest BCUT2D eigenvalue weighted by molar-refractivity contribution is 5.94. The van der Waals surface area contributed by atoms with Gasteiger partial charge in [0.05, 0.1) is 0 Å². The molecule has 5 nitrogen and oxygen atoms in total. The second-order valence-corrected chi connectivity index (χ2v) is 8.85. The van der Waals surface area contributed by atoms with Crippen LogP contribution in [0.25, 0.3) is 0 Å². The van der Waals surface area contributed by atoms with Crippen molar-refractivity contribution in [1.82, 2.24) is 10.2 Å². The van der Waals surface area contributed by atoms with Crippen LogP contribution in [0.2, 0.25) is 0 Å². The Morgan fingerprint density at radius 1 is 1.03 bits per heavy atom. The zero-order valence-corrected chi connectivity index (χ0v) is 17.5. The van der Waals surface area contributed by atoms with E-state index in [1.165, 1.54) is 5.56 Å². The molecule has 5 heteroatoms. The van der Waals surface area contributed by atoms with Crippen LogP contribution in [0.3, 0.4) is 0 Å². The van der Waals surface area contributed by atoms with E-state index in [0.717, 1.165) is 5.56 Å². The molecule has 29 heavy (non-hydrogen) atoms. The molecule has 1 heterocycles. The molecule has 0 bridgehead atoms. The number of hydrogen-bond acceptors (Lipinski definition) is 3. The molecule has 1 aliphatic rings. The summed E-state index contributed by atoms with van der Waals surface area (Å²) in [6.07, 6.45) is 0. The van der Waals surface area contributed by atoms with Crippen molar-refractivity contribution >= 4 is 11.8 Å². The summed E-state index contributed by atoms with van der Waals surface area (Å²) in [7, 11) is 0. The number of carbonyl (C=O) groups excluding carboxylic acids is 2. The molecule has 0 spiro atoms. The normalized spacial score (nSPS) is 19.2. The Bertz CT molecular complexity index is 841. The summed E-state index contributed by atoms with van der Waals surface area (Å²) in [5, 5.41) is 2.93. The Kier molecular flexibility index (Phi) is 6.38. The number of rotatable bonds is 5. The van der Waals surface area contributed by atoms with Crippen molar-refractivity contribution < 1.29 is 9.59 Å². The number of amides is 2. The minimum Gasteiger partial charge on any atom is -0.352 e. The first kappa shape index (κ1) is 21.1. The molecule has 2 aromatic rings. The average molecular weight is 394 g/mol. The van der Waals surface area contributed by atoms with Gasteiger partial charge in [-0.05, 0) is 35.7 Å². The molecule has 0 saturated carbocycles. The van der Waals surface area contributed by atoms with E-state index in [4.69, 9.17) is 5.73 Å². The zero-order valence-electron chi connectivity index (χ0n) is 17.5. The van der Waals surface area contributed by atoms with Gasteiger partial charge >= 0.3 is 0 Å². The number of nitrogens with one attached hydrogen (secondary N) is 1. The van der Waals surface area contributed by atoms with E-state index in [1.54, 1.807) is 0 Å². The Balaban J connectivity index is 1.64. The van der Waals surface area contributed by atoms with Gasteiger partial charge in [0.15, 0.2) is 0 Å². The van der Waals surface area contributed by atoms with Crippen molar-refractivity contribution in [2.45, 2.75) is 33.2 Å². The van der Waals surface area contributed by atoms with E-state index in [9.17, 15) is 9.59 Å². The van der Waals surface area contributed by atoms with Crippen LogP contribution in [0.1, 0.15) is 48.2 Å². The van der Waals surface area contributed by atoms with Gasteiger partial charge < -0.3 is 16.0 Å². The highest BCUT2D eigenvalue weighted by Crippen LogP contribution is 2.32. The Hall–Kier alpha value is -2.66. The SMILES string of the molecule is CC(C)(C)C(=O)NCc1ccc(C(=O)N2C[C@@H](CN)[C@H](c3ccccc3)C2)cc1. The quantitative estimate of drug-likeness (QED) is 0.819. The second kappa shape index (κ2) is 8.78. The third kappa shape index (κ3) is 5.04. The van der Waals surface area contributed by atoms with Gasteiger partial charge in [-0.2, -0.15) is 0 Å². The van der Waals surface area contributed by atoms with Crippen LogP contribution in [0.15, 0.2) is 54.6 Å². The van der Waals surface area contributed by atoms with Crippen molar-refractivity contribution in [3.63, 3.8) is 0 Å². The van der Waals surface area contributed by atoms with Gasteiger partial charge in [0.25, 0.3) is 5.91 Å². The first-order chi connectivity index (χ1) is 13.8. The largest absolute Gasteiger partial charge is 0.352 e. The first-order valence-corrected chi connectivity index (χ1v) is 10.2. The number of nitrogens with zero attached hydrogens (tertiary/aromatic N) is 1. The Labute approximate surface area is 173 Å². The summed E-state index contributed by atoms with van der Waals surface area (Å²) in [6.45, 7) is 8.05. The highest BCUT2D eigenvalue weighted by Gasteiger charge is 2.35. The molecule has 0 aliphatic carbocycles. The van der Waals surface area contributed by atoms with Gasteiger partial charge in [0, 0.05) is 36.5 Å². The summed E-state index contributed by atoms with van der Waals surface area (Å²) >= 11 is 0. The molecular weight excluding hydrogens is 362 g/mol. The fourth-order valence-corrected chi connectivity index (χ4v) is 3.75. The summed E-state index contributed by atoms with van der Waals surface area (Å²) in [4.78, 5) is 26.9. The fourth-order valence-electron chi connectivity index (χ4n) is 3.75. The van der Waals surface area contributed by atoms with Gasteiger partial charge in [-0.25, -0.2) is 0 Å². The molecule has 2 amide bonds. The molecule has 0 radical (unpaired) electrons. The summed E-state index contributed by atoms with van der Waals surface area (Å²) in [5.74, 6) is 0.590. The molecule has 1 aliphatic heterocycles. The maximum atomic E-state index is 13.0. The van der Waals surface area contributed by atoms with Crippen LogP contribution < -0.4 is 11.1 Å². The molecule has 3 rings (SSSR count). The average Bonchev–Trinajstić information content (AvgIpc) is 3.16. The van der Waals surface area contributed by atoms with Crippen molar-refractivity contribution in [1.29, 1.82) is 0 Å². The lowest BCUT2D eigenvalue weighted by Gasteiger charge is -2.18. The Morgan fingerprint density at radius 2 is 1.69 bits per heavy atom. The second-order valence-electron chi connectivity index (χ2n) is 8.85. The van der Waals surface area contributed by atoms with E-state index in [0.29, 0.717) is 31.7 Å². The zero-order chi connectivity index (χ0) is 21.0. The van der Waals surface area contributed by atoms with Gasteiger partial charge in [-0.1, -0.05) is 63.2 Å². The van der Waals surface area contributed by atoms with Gasteiger partial charge in [0.1, 0.15) is 0 Å². The van der Waals surface area contributed by atoms with Gasteiger partial charge in [0.2, 0.25) is 5.91 Å². The molecule has 0 aromatic heterocycles. The standard InChI is InChI=1S/C24H31N3O2/c1-24(2,3)23(29)26-14-17-9-11-19(12-10-17)22(28)27-15-20(13-25)21(16-27)18-7-5-4-6-8-18/h4-12,20-21H,13-16,25H2,1-3H3,(H,26,29)/t20-,21+/m1/s1. The molecule has 1 fully saturated rings. The van der Waals surface area contributed by atoms with Crippen molar-refractivity contribution in [2.24, 2.45) is 17.1 Å². The van der Waals surface area contributed by atoms with E-state index in [-0.39, 0.29) is 23.7 Å². The van der Waals surface area contributed by atoms with Gasteiger partial charge in [-0.3, -0.25) is 9.59 Å². The maximum Gasteiger partial charge on any atom is 0.253 e. The summed E-state index contributed by atoms with van der Waals surface area (Å²) < 4.78 is 0. The molecule has 154 valence electrons. The predicted octanol–water partition coefficient (Wildman–Crippen LogP) is 3.16.